The normalized spacial score (nSPS) is 25.6. The van der Waals surface area contributed by atoms with E-state index in [9.17, 15) is 0 Å². The van der Waals surface area contributed by atoms with E-state index in [4.69, 9.17) is 28.4 Å². The molecule has 8 nitrogen and oxygen atoms in total. The van der Waals surface area contributed by atoms with Gasteiger partial charge in [-0.25, -0.2) is 0 Å². The molecular weight excluding hydrogens is 1060 g/mol. The van der Waals surface area contributed by atoms with Crippen LogP contribution in [0.3, 0.4) is 0 Å². The molecule has 10 aliphatic rings. The first kappa shape index (κ1) is 38.5. The van der Waals surface area contributed by atoms with Crippen molar-refractivity contribution >= 4 is 259 Å². The standard InChI is InChI=1S/C78H38N2O6/c1-81-7-9-85-13-11-83-5-3-79-15-75-69-56-36-21-20-19-26-25-29-38(27(19)36)58(69)59-39(29)30-31-35(25)54-50(26)52-43(20)46-23-22(21)37-28-24(23)47-44-32-40(28)60(70(75)57(37)56)62-42(32)34-48-45-33(41(30)61-65(48)72(62)76(75,16-79)71(59)61)49(31)66-73(54)77-17-80(4-6-84-12-14-86-10-8-82-2)18-78(77)68(64(47)63(46)67(52)77)53(44)51(34)55(45)74(66)78/h3-18H2,1-2H3. The lowest BCUT2D eigenvalue weighted by Crippen LogP contribution is -2.51. The highest BCUT2D eigenvalue weighted by atomic mass is 16.5. The van der Waals surface area contributed by atoms with Crippen molar-refractivity contribution in [1.29, 1.82) is 0 Å². The molecule has 4 atom stereocenters. The van der Waals surface area contributed by atoms with Crippen LogP contribution in [0.1, 0.15) is 44.5 Å². The number of rotatable bonds is 18. The van der Waals surface area contributed by atoms with Gasteiger partial charge in [0.05, 0.1) is 87.7 Å². The molecule has 2 aliphatic heterocycles. The van der Waals surface area contributed by atoms with Crippen LogP contribution in [-0.2, 0) is 50.1 Å². The van der Waals surface area contributed by atoms with Crippen LogP contribution in [0.5, 0.6) is 0 Å². The molecule has 396 valence electrons. The molecule has 0 aromatic heterocycles. The molecule has 8 heteroatoms. The summed E-state index contributed by atoms with van der Waals surface area (Å²) in [5, 5.41) is 80.6. The van der Waals surface area contributed by atoms with Crippen molar-refractivity contribution in [3.8, 4) is 0 Å². The monoisotopic (exact) mass is 1100 g/mol. The lowest BCUT2D eigenvalue weighted by molar-refractivity contribution is 0.0204. The van der Waals surface area contributed by atoms with Crippen LogP contribution < -0.4 is 0 Å². The summed E-state index contributed by atoms with van der Waals surface area (Å²) < 4.78 is 35.9. The van der Waals surface area contributed by atoms with Gasteiger partial charge in [0, 0.05) is 53.5 Å². The summed E-state index contributed by atoms with van der Waals surface area (Å²) in [6.07, 6.45) is 0. The number of hydrogen-bond acceptors (Lipinski definition) is 8. The topological polar surface area (TPSA) is 61.9 Å². The van der Waals surface area contributed by atoms with Crippen molar-refractivity contribution in [1.82, 2.24) is 9.80 Å². The van der Waals surface area contributed by atoms with Crippen LogP contribution in [0.15, 0.2) is 0 Å². The number of nitrogens with zero attached hydrogens (tertiary/aromatic N) is 2. The number of hydrogen-bond donors (Lipinski definition) is 0. The third kappa shape index (κ3) is 2.48. The van der Waals surface area contributed by atoms with Crippen molar-refractivity contribution in [2.24, 2.45) is 0 Å². The Morgan fingerprint density at radius 1 is 0.198 bits per heavy atom. The highest BCUT2D eigenvalue weighted by Crippen LogP contribution is 2.88. The van der Waals surface area contributed by atoms with E-state index < -0.39 is 0 Å². The first-order valence-electron chi connectivity index (χ1n) is 32.5. The van der Waals surface area contributed by atoms with Crippen LogP contribution in [-0.4, -0.2) is 129 Å². The maximum Gasteiger partial charge on any atom is 0.0701 e. The van der Waals surface area contributed by atoms with Gasteiger partial charge in [0.15, 0.2) is 0 Å². The lowest BCUT2D eigenvalue weighted by atomic mass is 9.50. The maximum atomic E-state index is 6.65. The second-order valence-corrected chi connectivity index (χ2v) is 30.5. The Labute approximate surface area is 479 Å². The van der Waals surface area contributed by atoms with E-state index in [0.29, 0.717) is 66.1 Å². The Kier molecular flexibility index (Phi) is 4.49. The van der Waals surface area contributed by atoms with Crippen molar-refractivity contribution in [3.63, 3.8) is 0 Å². The van der Waals surface area contributed by atoms with Gasteiger partial charge in [-0.2, -0.15) is 0 Å². The van der Waals surface area contributed by atoms with Crippen LogP contribution in [0, 0.1) is 0 Å². The lowest BCUT2D eigenvalue weighted by Gasteiger charge is -2.49. The summed E-state index contributed by atoms with van der Waals surface area (Å²) in [5.74, 6) is 0. The molecule has 0 amide bonds. The molecule has 24 aromatic rings. The zero-order valence-electron chi connectivity index (χ0n) is 46.7. The molecular formula is C78H38N2O6. The smallest absolute Gasteiger partial charge is 0.0701 e. The summed E-state index contributed by atoms with van der Waals surface area (Å²) in [5.41, 5.74) is 13.2. The second kappa shape index (κ2) is 10.0. The summed E-state index contributed by atoms with van der Waals surface area (Å²) in [7, 11) is 3.50. The Morgan fingerprint density at radius 3 is 0.570 bits per heavy atom. The number of benzene rings is 15. The second-order valence-electron chi connectivity index (χ2n) is 30.5. The summed E-state index contributed by atoms with van der Waals surface area (Å²) in [6, 6.07) is 0. The van der Waals surface area contributed by atoms with Crippen LogP contribution in [0.25, 0.3) is 259 Å². The molecule has 8 aliphatic carbocycles. The van der Waals surface area contributed by atoms with Gasteiger partial charge in [-0.3, -0.25) is 9.80 Å². The minimum absolute atomic E-state index is 0.242. The third-order valence-electron chi connectivity index (χ3n) is 29.4. The van der Waals surface area contributed by atoms with E-state index in [0.717, 1.165) is 39.3 Å². The minimum atomic E-state index is -0.246. The zero-order chi connectivity index (χ0) is 53.0. The van der Waals surface area contributed by atoms with Gasteiger partial charge in [0.2, 0.25) is 0 Å². The average Bonchev–Trinajstić information content (AvgIpc) is 1.38. The van der Waals surface area contributed by atoms with Gasteiger partial charge in [-0.05, 0) is 303 Å². The van der Waals surface area contributed by atoms with Crippen LogP contribution in [0.4, 0.5) is 0 Å². The molecule has 86 heavy (non-hydrogen) atoms. The fourth-order valence-electron chi connectivity index (χ4n) is 28.9. The molecule has 0 radical (unpaired) electrons. The van der Waals surface area contributed by atoms with Crippen molar-refractivity contribution in [2.75, 3.05) is 120 Å². The molecule has 0 N–H and O–H groups in total. The van der Waals surface area contributed by atoms with Gasteiger partial charge >= 0.3 is 0 Å². The fraction of sp³-hybridized carbons (Fsp3) is 0.282. The molecule has 0 saturated carbocycles. The summed E-state index contributed by atoms with van der Waals surface area (Å²) in [6.45, 7) is 12.2. The first-order valence-corrected chi connectivity index (χ1v) is 32.5. The fourth-order valence-corrected chi connectivity index (χ4v) is 28.9. The summed E-state index contributed by atoms with van der Waals surface area (Å²) in [4.78, 5) is 5.93. The molecule has 34 rings (SSSR count). The zero-order valence-corrected chi connectivity index (χ0v) is 46.7. The largest absolute Gasteiger partial charge is 0.382 e. The number of likely N-dealkylation sites (tertiary alicyclic amines) is 2. The molecule has 4 spiro atoms. The maximum absolute atomic E-state index is 6.65. The van der Waals surface area contributed by atoms with Crippen molar-refractivity contribution in [3.05, 3.63) is 44.5 Å². The molecule has 24 aromatic carbocycles. The predicted molar refractivity (Wildman–Crippen MR) is 347 cm³/mol. The Bertz CT molecular complexity index is 7550. The van der Waals surface area contributed by atoms with E-state index in [1.165, 1.54) is 0 Å². The van der Waals surface area contributed by atoms with E-state index in [-0.39, 0.29) is 21.7 Å². The number of methoxy groups -OCH3 is 2. The highest BCUT2D eigenvalue weighted by molar-refractivity contribution is 6.77. The van der Waals surface area contributed by atoms with Gasteiger partial charge in [-0.1, -0.05) is 0 Å². The molecule has 0 bridgehead atoms. The minimum Gasteiger partial charge on any atom is -0.382 e. The SMILES string of the molecule is COCCOCCOCCN1CC23c4c5c6c2c2c7c8c9c%10c(c%11c4c4c%12c%13c%14c%15c%16c%17c%18c%19c%20c%21c%22c%23c(c%13c%13c%23c%23c(c%11c%134)c%10c4c%23c%22c%20c%10c4c9c4c7c7c2c2c6c(c%16c2c%18c7c%19c4%10)c%14c5%12)C%152CN(CCOCCOCCOC)CC%17%212)C83C1. The highest BCUT2D eigenvalue weighted by Gasteiger charge is 2.76. The van der Waals surface area contributed by atoms with E-state index in [1.54, 1.807) is 317 Å². The Balaban J connectivity index is 0.858. The van der Waals surface area contributed by atoms with Crippen LogP contribution in [0.2, 0.25) is 0 Å². The van der Waals surface area contributed by atoms with Gasteiger partial charge in [0.25, 0.3) is 0 Å². The van der Waals surface area contributed by atoms with E-state index >= 15 is 0 Å². The van der Waals surface area contributed by atoms with Gasteiger partial charge in [0.1, 0.15) is 0 Å². The van der Waals surface area contributed by atoms with Crippen molar-refractivity contribution in [2.45, 2.75) is 21.7 Å². The molecule has 2 fully saturated rings. The molecule has 2 heterocycles. The van der Waals surface area contributed by atoms with Crippen LogP contribution >= 0.6 is 0 Å². The molecule has 2 saturated heterocycles. The quantitative estimate of drug-likeness (QED) is 0.0622. The van der Waals surface area contributed by atoms with Gasteiger partial charge in [-0.15, -0.1) is 0 Å². The Morgan fingerprint density at radius 2 is 0.349 bits per heavy atom. The Hall–Kier alpha value is -7.60. The third-order valence-corrected chi connectivity index (χ3v) is 29.4. The van der Waals surface area contributed by atoms with E-state index in [1.807, 2.05) is 0 Å². The molecule has 4 unspecified atom stereocenters. The van der Waals surface area contributed by atoms with Crippen molar-refractivity contribution < 1.29 is 28.4 Å². The summed E-state index contributed by atoms with van der Waals surface area (Å²) >= 11 is 0. The van der Waals surface area contributed by atoms with Gasteiger partial charge < -0.3 is 28.4 Å². The average molecular weight is 1100 g/mol. The first-order chi connectivity index (χ1) is 42.8. The number of ether oxygens (including phenoxy) is 6. The predicted octanol–water partition coefficient (Wildman–Crippen LogP) is 14.8. The van der Waals surface area contributed by atoms with E-state index in [2.05, 4.69) is 9.80 Å².